The second kappa shape index (κ2) is 12.5. The van der Waals surface area contributed by atoms with Crippen molar-refractivity contribution < 1.29 is 9.57 Å². The molecular weight excluding hydrogens is 476 g/mol. The maximum atomic E-state index is 6.49. The summed E-state index contributed by atoms with van der Waals surface area (Å²) in [5.74, 6) is 7.10. The molecule has 2 aromatic carbocycles. The Hall–Kier alpha value is -4.19. The van der Waals surface area contributed by atoms with E-state index < -0.39 is 0 Å². The van der Waals surface area contributed by atoms with E-state index in [1.807, 2.05) is 49.5 Å². The molecule has 9 heteroatoms. The molecule has 8 nitrogen and oxygen atoms in total. The lowest BCUT2D eigenvalue weighted by atomic mass is 10.1. The molecule has 0 aliphatic heterocycles. The van der Waals surface area contributed by atoms with E-state index in [1.165, 1.54) is 6.33 Å². The van der Waals surface area contributed by atoms with E-state index in [4.69, 9.17) is 21.2 Å². The fourth-order valence-corrected chi connectivity index (χ4v) is 3.54. The summed E-state index contributed by atoms with van der Waals surface area (Å²) in [6.07, 6.45) is 4.99. The number of nitrogens with zero attached hydrogens (tertiary/aromatic N) is 4. The number of aromatic nitrogens is 3. The van der Waals surface area contributed by atoms with E-state index in [-0.39, 0.29) is 0 Å². The molecule has 36 heavy (non-hydrogen) atoms. The third-order valence-corrected chi connectivity index (χ3v) is 5.36. The van der Waals surface area contributed by atoms with Crippen molar-refractivity contribution in [3.05, 3.63) is 83.4 Å². The minimum absolute atomic E-state index is 0.378. The molecular formula is C27H25ClN6O2. The van der Waals surface area contributed by atoms with Gasteiger partial charge in [0.2, 0.25) is 0 Å². The molecule has 2 N–H and O–H groups in total. The van der Waals surface area contributed by atoms with Crippen molar-refractivity contribution in [3.63, 3.8) is 0 Å². The summed E-state index contributed by atoms with van der Waals surface area (Å²) in [6.45, 7) is 3.26. The van der Waals surface area contributed by atoms with Crippen molar-refractivity contribution in [1.82, 2.24) is 20.3 Å². The second-order valence-corrected chi connectivity index (χ2v) is 8.03. The van der Waals surface area contributed by atoms with Crippen LogP contribution in [0.4, 0.5) is 11.5 Å². The number of benzene rings is 2. The van der Waals surface area contributed by atoms with Crippen LogP contribution in [0.25, 0.3) is 10.9 Å². The van der Waals surface area contributed by atoms with Gasteiger partial charge in [0.1, 0.15) is 31.1 Å². The quantitative estimate of drug-likeness (QED) is 0.137. The number of likely N-dealkylation sites (N-methyl/N-ethyl adjacent to an activating group) is 1. The van der Waals surface area contributed by atoms with Crippen molar-refractivity contribution in [2.75, 3.05) is 25.5 Å². The maximum absolute atomic E-state index is 6.49. The third kappa shape index (κ3) is 6.48. The number of rotatable bonds is 10. The molecule has 2 aromatic heterocycles. The fourth-order valence-electron chi connectivity index (χ4n) is 3.30. The molecule has 0 saturated carbocycles. The highest BCUT2D eigenvalue weighted by Gasteiger charge is 2.10. The Morgan fingerprint density at radius 3 is 2.83 bits per heavy atom. The fraction of sp³-hybridized carbons (Fsp3) is 0.185. The average Bonchev–Trinajstić information content (AvgIpc) is 2.90. The van der Waals surface area contributed by atoms with Crippen molar-refractivity contribution in [3.8, 4) is 17.6 Å². The average molecular weight is 501 g/mol. The Morgan fingerprint density at radius 1 is 1.14 bits per heavy atom. The van der Waals surface area contributed by atoms with Gasteiger partial charge in [0.05, 0.1) is 10.5 Å². The molecule has 0 saturated heterocycles. The summed E-state index contributed by atoms with van der Waals surface area (Å²) >= 11 is 6.49. The van der Waals surface area contributed by atoms with Gasteiger partial charge in [-0.25, -0.2) is 9.97 Å². The first-order valence-electron chi connectivity index (χ1n) is 11.3. The van der Waals surface area contributed by atoms with Gasteiger partial charge in [0, 0.05) is 41.1 Å². The predicted octanol–water partition coefficient (Wildman–Crippen LogP) is 4.96. The largest absolute Gasteiger partial charge is 0.487 e. The van der Waals surface area contributed by atoms with Crippen LogP contribution in [0, 0.1) is 11.8 Å². The first-order valence-corrected chi connectivity index (χ1v) is 11.7. The van der Waals surface area contributed by atoms with E-state index in [9.17, 15) is 0 Å². The van der Waals surface area contributed by atoms with Crippen LogP contribution in [0.2, 0.25) is 5.02 Å². The molecule has 0 bridgehead atoms. The molecule has 0 unspecified atom stereocenters. The van der Waals surface area contributed by atoms with Gasteiger partial charge in [-0.3, -0.25) is 4.98 Å². The van der Waals surface area contributed by atoms with Crippen LogP contribution >= 0.6 is 11.6 Å². The van der Waals surface area contributed by atoms with Gasteiger partial charge in [0.15, 0.2) is 5.71 Å². The van der Waals surface area contributed by atoms with Gasteiger partial charge in [-0.2, -0.15) is 0 Å². The SMILES string of the molecule is CC#CC(=NOCCNC)c1ccc2ncnc(Nc3ccc(OCc4cccnc4)c(Cl)c3)c2c1. The number of pyridine rings is 1. The number of fused-ring (bicyclic) bond motifs is 1. The van der Waals surface area contributed by atoms with E-state index in [0.717, 1.165) is 27.7 Å². The van der Waals surface area contributed by atoms with Crippen molar-refractivity contribution in [1.29, 1.82) is 0 Å². The topological polar surface area (TPSA) is 93.5 Å². The van der Waals surface area contributed by atoms with Gasteiger partial charge < -0.3 is 20.2 Å². The molecule has 0 fully saturated rings. The molecule has 4 rings (SSSR count). The predicted molar refractivity (Wildman–Crippen MR) is 143 cm³/mol. The van der Waals surface area contributed by atoms with Crippen LogP contribution in [0.1, 0.15) is 18.1 Å². The van der Waals surface area contributed by atoms with Crippen molar-refractivity contribution in [2.45, 2.75) is 13.5 Å². The number of hydrogen-bond acceptors (Lipinski definition) is 8. The van der Waals surface area contributed by atoms with Gasteiger partial charge in [-0.15, -0.1) is 0 Å². The molecule has 182 valence electrons. The molecule has 0 radical (unpaired) electrons. The lowest BCUT2D eigenvalue weighted by Gasteiger charge is -2.12. The Kier molecular flexibility index (Phi) is 8.65. The molecule has 2 heterocycles. The highest BCUT2D eigenvalue weighted by molar-refractivity contribution is 6.32. The zero-order valence-electron chi connectivity index (χ0n) is 20.0. The van der Waals surface area contributed by atoms with Gasteiger partial charge in [-0.1, -0.05) is 28.7 Å². The van der Waals surface area contributed by atoms with E-state index in [1.54, 1.807) is 25.4 Å². The number of halogens is 1. The molecule has 0 spiro atoms. The molecule has 0 aliphatic rings. The van der Waals surface area contributed by atoms with Crippen molar-refractivity contribution >= 4 is 39.7 Å². The summed E-state index contributed by atoms with van der Waals surface area (Å²) in [5, 5.41) is 11.8. The summed E-state index contributed by atoms with van der Waals surface area (Å²) in [7, 11) is 1.86. The highest BCUT2D eigenvalue weighted by Crippen LogP contribution is 2.31. The summed E-state index contributed by atoms with van der Waals surface area (Å²) in [4.78, 5) is 18.3. The standard InChI is InChI=1S/C27H25ClN6O2/c1-3-5-24(34-36-13-12-29-2)20-7-9-25-22(14-20)27(32-18-31-25)33-21-8-10-26(23(28)15-21)35-17-19-6-4-11-30-16-19/h4,6-11,14-16,18,29H,12-13,17H2,1-2H3,(H,31,32,33). The summed E-state index contributed by atoms with van der Waals surface area (Å²) < 4.78 is 5.84. The van der Waals surface area contributed by atoms with Gasteiger partial charge >= 0.3 is 0 Å². The monoisotopic (exact) mass is 500 g/mol. The lowest BCUT2D eigenvalue weighted by molar-refractivity contribution is 0.148. The van der Waals surface area contributed by atoms with Crippen molar-refractivity contribution in [2.24, 2.45) is 5.16 Å². The van der Waals surface area contributed by atoms with Crippen LogP contribution in [-0.2, 0) is 11.4 Å². The number of anilines is 2. The van der Waals surface area contributed by atoms with E-state index >= 15 is 0 Å². The Bertz CT molecular complexity index is 1420. The second-order valence-electron chi connectivity index (χ2n) is 7.63. The van der Waals surface area contributed by atoms with Gasteiger partial charge in [0.25, 0.3) is 0 Å². The Balaban J connectivity index is 1.56. The Morgan fingerprint density at radius 2 is 2.06 bits per heavy atom. The number of nitrogens with one attached hydrogen (secondary N) is 2. The minimum atomic E-state index is 0.378. The smallest absolute Gasteiger partial charge is 0.159 e. The minimum Gasteiger partial charge on any atom is -0.487 e. The molecule has 0 aliphatic carbocycles. The highest BCUT2D eigenvalue weighted by atomic mass is 35.5. The van der Waals surface area contributed by atoms with Gasteiger partial charge in [-0.05, 0) is 62.4 Å². The molecule has 4 aromatic rings. The first-order chi connectivity index (χ1) is 17.7. The van der Waals surface area contributed by atoms with E-state index in [2.05, 4.69) is 42.6 Å². The van der Waals surface area contributed by atoms with E-state index in [0.29, 0.717) is 42.1 Å². The Labute approximate surface area is 214 Å². The van der Waals surface area contributed by atoms with Crippen LogP contribution in [0.15, 0.2) is 72.4 Å². The number of oxime groups is 1. The molecule has 0 amide bonds. The summed E-state index contributed by atoms with van der Waals surface area (Å²) in [5.41, 5.74) is 3.83. The van der Waals surface area contributed by atoms with Crippen LogP contribution in [0.5, 0.6) is 5.75 Å². The van der Waals surface area contributed by atoms with Crippen LogP contribution < -0.4 is 15.4 Å². The van der Waals surface area contributed by atoms with Crippen LogP contribution in [-0.4, -0.2) is 40.9 Å². The zero-order chi connectivity index (χ0) is 25.2. The maximum Gasteiger partial charge on any atom is 0.159 e. The molecule has 0 atom stereocenters. The summed E-state index contributed by atoms with van der Waals surface area (Å²) in [6, 6.07) is 15.1. The normalized spacial score (nSPS) is 11.0. The number of ether oxygens (including phenoxy) is 1. The third-order valence-electron chi connectivity index (χ3n) is 5.06. The number of hydrogen-bond donors (Lipinski definition) is 2. The van der Waals surface area contributed by atoms with Crippen LogP contribution in [0.3, 0.4) is 0 Å². The zero-order valence-corrected chi connectivity index (χ0v) is 20.7. The first kappa shape index (κ1) is 24.9. The lowest BCUT2D eigenvalue weighted by Crippen LogP contribution is -2.13.